The Morgan fingerprint density at radius 2 is 0.702 bits per heavy atom. The van der Waals surface area contributed by atoms with E-state index in [-0.39, 0.29) is 27.5 Å². The van der Waals surface area contributed by atoms with Crippen molar-refractivity contribution in [2.45, 2.75) is 105 Å². The van der Waals surface area contributed by atoms with Crippen molar-refractivity contribution in [3.63, 3.8) is 0 Å². The Kier molecular flexibility index (Phi) is 8.67. The van der Waals surface area contributed by atoms with Crippen molar-refractivity contribution in [3.8, 4) is 28.6 Å². The molecule has 0 fully saturated rings. The van der Waals surface area contributed by atoms with E-state index in [0.717, 1.165) is 66.1 Å². The Morgan fingerprint density at radius 3 is 0.965 bits per heavy atom. The zero-order valence-electron chi connectivity index (χ0n) is 35.6. The van der Waals surface area contributed by atoms with Gasteiger partial charge in [0.15, 0.2) is 0 Å². The zero-order valence-corrected chi connectivity index (χ0v) is 35.6. The van der Waals surface area contributed by atoms with Gasteiger partial charge in [-0.25, -0.2) is 4.39 Å². The van der Waals surface area contributed by atoms with Crippen LogP contribution in [-0.4, -0.2) is 9.13 Å². The molecule has 0 aliphatic carbocycles. The summed E-state index contributed by atoms with van der Waals surface area (Å²) >= 11 is 0. The Balaban J connectivity index is 1.60. The maximum Gasteiger partial charge on any atom is 0.123 e. The monoisotopic (exact) mass is 751 g/mol. The van der Waals surface area contributed by atoms with Gasteiger partial charge in [-0.2, -0.15) is 5.26 Å². The number of halogens is 1. The lowest BCUT2D eigenvalue weighted by atomic mass is 9.86. The lowest BCUT2D eigenvalue weighted by Crippen LogP contribution is -2.12. The molecule has 2 aromatic heterocycles. The van der Waals surface area contributed by atoms with Gasteiger partial charge in [0.05, 0.1) is 33.4 Å². The van der Waals surface area contributed by atoms with E-state index in [4.69, 9.17) is 0 Å². The van der Waals surface area contributed by atoms with Crippen LogP contribution < -0.4 is 0 Å². The maximum absolute atomic E-state index is 14.5. The van der Waals surface area contributed by atoms with E-state index >= 15 is 0 Å². The summed E-state index contributed by atoms with van der Waals surface area (Å²) in [5.74, 6) is -0.286. The number of nitriles is 1. The second-order valence-electron chi connectivity index (χ2n) is 20.1. The van der Waals surface area contributed by atoms with Crippen LogP contribution in [0.15, 0.2) is 109 Å². The van der Waals surface area contributed by atoms with Crippen LogP contribution in [0, 0.1) is 17.1 Å². The molecule has 0 atom stereocenters. The van der Waals surface area contributed by atoms with Gasteiger partial charge in [0, 0.05) is 21.5 Å². The average molecular weight is 752 g/mol. The van der Waals surface area contributed by atoms with Crippen LogP contribution in [0.5, 0.6) is 0 Å². The van der Waals surface area contributed by atoms with Gasteiger partial charge in [-0.15, -0.1) is 0 Å². The van der Waals surface area contributed by atoms with Crippen molar-refractivity contribution in [2.75, 3.05) is 0 Å². The molecule has 57 heavy (non-hydrogen) atoms. The quantitative estimate of drug-likeness (QED) is 0.177. The van der Waals surface area contributed by atoms with Crippen LogP contribution in [0.4, 0.5) is 4.39 Å². The molecule has 0 aliphatic heterocycles. The molecule has 0 amide bonds. The number of rotatable bonds is 3. The van der Waals surface area contributed by atoms with Crippen LogP contribution in [0.3, 0.4) is 0 Å². The predicted molar refractivity (Wildman–Crippen MR) is 240 cm³/mol. The second-order valence-corrected chi connectivity index (χ2v) is 20.1. The third kappa shape index (κ3) is 6.52. The summed E-state index contributed by atoms with van der Waals surface area (Å²) in [6.07, 6.45) is 0. The highest BCUT2D eigenvalue weighted by Crippen LogP contribution is 2.43. The van der Waals surface area contributed by atoms with E-state index in [9.17, 15) is 9.65 Å². The molecule has 4 heteroatoms. The first kappa shape index (κ1) is 38.2. The van der Waals surface area contributed by atoms with Gasteiger partial charge in [-0.3, -0.25) is 0 Å². The molecular weight excluding hydrogens is 698 g/mol. The fourth-order valence-electron chi connectivity index (χ4n) is 8.31. The van der Waals surface area contributed by atoms with Crippen molar-refractivity contribution in [2.24, 2.45) is 0 Å². The lowest BCUT2D eigenvalue weighted by Gasteiger charge is -2.22. The van der Waals surface area contributed by atoms with Gasteiger partial charge < -0.3 is 9.13 Å². The molecule has 0 unspecified atom stereocenters. The summed E-state index contributed by atoms with van der Waals surface area (Å²) in [7, 11) is 0. The Labute approximate surface area is 337 Å². The third-order valence-electron chi connectivity index (χ3n) is 11.9. The normalized spacial score (nSPS) is 13.0. The summed E-state index contributed by atoms with van der Waals surface area (Å²) < 4.78 is 19.1. The van der Waals surface area contributed by atoms with Crippen molar-refractivity contribution >= 4 is 43.6 Å². The molecule has 0 spiro atoms. The fraction of sp³-hybridized carbons (Fsp3) is 0.302. The molecule has 0 aliphatic rings. The first-order chi connectivity index (χ1) is 26.6. The Morgan fingerprint density at radius 1 is 0.404 bits per heavy atom. The van der Waals surface area contributed by atoms with Crippen LogP contribution in [-0.2, 0) is 21.7 Å². The third-order valence-corrected chi connectivity index (χ3v) is 11.9. The second kappa shape index (κ2) is 12.9. The smallest absolute Gasteiger partial charge is 0.123 e. The van der Waals surface area contributed by atoms with Gasteiger partial charge in [0.2, 0.25) is 0 Å². The molecule has 0 radical (unpaired) electrons. The maximum atomic E-state index is 14.5. The molecule has 0 bridgehead atoms. The van der Waals surface area contributed by atoms with Gasteiger partial charge in [0.25, 0.3) is 0 Å². The average Bonchev–Trinajstić information content (AvgIpc) is 3.64. The largest absolute Gasteiger partial charge is 0.308 e. The van der Waals surface area contributed by atoms with Gasteiger partial charge in [-0.05, 0) is 104 Å². The minimum absolute atomic E-state index is 0.0935. The van der Waals surface area contributed by atoms with E-state index in [0.29, 0.717) is 5.56 Å². The topological polar surface area (TPSA) is 33.6 Å². The zero-order chi connectivity index (χ0) is 41.0. The molecule has 8 aromatic rings. The molecule has 0 saturated carbocycles. The van der Waals surface area contributed by atoms with Crippen LogP contribution in [0.2, 0.25) is 0 Å². The number of fused-ring (bicyclic) bond motifs is 6. The number of aromatic nitrogens is 2. The van der Waals surface area contributed by atoms with Gasteiger partial charge >= 0.3 is 0 Å². The first-order valence-electron chi connectivity index (χ1n) is 20.2. The molecule has 0 saturated heterocycles. The standard InChI is InChI=1S/C53H54FN3/c1-50(2,3)34-15-21-39-40-22-16-35(51(4,5)6)28-47(40)56(46(39)27-34)44-25-33(32-13-19-38(54)20-14-32)26-45(43(44)31-55)57-48-29-36(52(7,8)9)17-23-41(48)42-24-18-37(30-49(42)57)53(10,11)12/h13-30H,1-12H3. The summed E-state index contributed by atoms with van der Waals surface area (Å²) in [5.41, 5.74) is 12.6. The number of hydrogen-bond acceptors (Lipinski definition) is 1. The number of benzene rings is 6. The molecule has 2 heterocycles. The van der Waals surface area contributed by atoms with Crippen molar-refractivity contribution in [1.29, 1.82) is 5.26 Å². The van der Waals surface area contributed by atoms with Crippen molar-refractivity contribution in [1.82, 2.24) is 9.13 Å². The number of nitrogens with zero attached hydrogens (tertiary/aromatic N) is 3. The van der Waals surface area contributed by atoms with E-state index < -0.39 is 0 Å². The highest BCUT2D eigenvalue weighted by molar-refractivity contribution is 6.12. The van der Waals surface area contributed by atoms with Crippen molar-refractivity contribution in [3.05, 3.63) is 143 Å². The molecular formula is C53H54FN3. The minimum atomic E-state index is -0.286. The predicted octanol–water partition coefficient (Wildman–Crippen LogP) is 14.7. The fourth-order valence-corrected chi connectivity index (χ4v) is 8.31. The summed E-state index contributed by atoms with van der Waals surface area (Å²) in [4.78, 5) is 0. The molecule has 3 nitrogen and oxygen atoms in total. The molecule has 8 rings (SSSR count). The SMILES string of the molecule is CC(C)(C)c1ccc2c3ccc(C(C)(C)C)cc3n(-c3cc(-c4ccc(F)cc4)cc(-n4c5cc(C(C)(C)C)ccc5c5ccc(C(C)(C)C)cc54)c3C#N)c2c1. The first-order valence-corrected chi connectivity index (χ1v) is 20.2. The van der Waals surface area contributed by atoms with E-state index in [1.807, 2.05) is 12.1 Å². The summed E-state index contributed by atoms with van der Waals surface area (Å²) in [6, 6.07) is 40.9. The van der Waals surface area contributed by atoms with Gasteiger partial charge in [0.1, 0.15) is 17.4 Å². The van der Waals surface area contributed by atoms with E-state index in [2.05, 4.69) is 183 Å². The highest BCUT2D eigenvalue weighted by Gasteiger charge is 2.27. The highest BCUT2D eigenvalue weighted by atomic mass is 19.1. The summed E-state index contributed by atoms with van der Waals surface area (Å²) in [6.45, 7) is 26.9. The van der Waals surface area contributed by atoms with E-state index in [1.165, 1.54) is 34.4 Å². The van der Waals surface area contributed by atoms with Crippen molar-refractivity contribution < 1.29 is 4.39 Å². The van der Waals surface area contributed by atoms with E-state index in [1.54, 1.807) is 0 Å². The minimum Gasteiger partial charge on any atom is -0.308 e. The summed E-state index contributed by atoms with van der Waals surface area (Å²) in [5, 5.41) is 16.1. The Hall–Kier alpha value is -5.66. The number of hydrogen-bond donors (Lipinski definition) is 0. The van der Waals surface area contributed by atoms with Crippen LogP contribution in [0.25, 0.3) is 66.1 Å². The van der Waals surface area contributed by atoms with Crippen LogP contribution in [0.1, 0.15) is 111 Å². The van der Waals surface area contributed by atoms with Crippen LogP contribution >= 0.6 is 0 Å². The molecule has 6 aromatic carbocycles. The lowest BCUT2D eigenvalue weighted by molar-refractivity contribution is 0.590. The molecule has 0 N–H and O–H groups in total. The molecule has 288 valence electrons. The van der Waals surface area contributed by atoms with Gasteiger partial charge in [-0.1, -0.05) is 144 Å². The Bertz CT molecular complexity index is 2620.